The Morgan fingerprint density at radius 3 is 2.84 bits per heavy atom. The third kappa shape index (κ3) is 3.28. The van der Waals surface area contributed by atoms with Crippen LogP contribution in [0.4, 0.5) is 0 Å². The Balaban J connectivity index is 2.14. The predicted octanol–water partition coefficient (Wildman–Crippen LogP) is 2.04. The maximum Gasteiger partial charge on any atom is 0.137 e. The Labute approximate surface area is 122 Å². The van der Waals surface area contributed by atoms with Crippen LogP contribution in [0.5, 0.6) is 5.75 Å². The summed E-state index contributed by atoms with van der Waals surface area (Å²) in [5.41, 5.74) is 1.12. The first-order valence-electron chi connectivity index (χ1n) is 6.38. The minimum Gasteiger partial charge on any atom is -0.495 e. The van der Waals surface area contributed by atoms with Crippen molar-refractivity contribution in [2.24, 2.45) is 0 Å². The van der Waals surface area contributed by atoms with E-state index >= 15 is 0 Å². The molecule has 1 saturated heterocycles. The largest absolute Gasteiger partial charge is 0.495 e. The SMILES string of the molecule is COc1c(Br)cccc1CN1C[C@H](OC)C[C@H]1CO. The van der Waals surface area contributed by atoms with E-state index in [0.717, 1.165) is 35.3 Å². The van der Waals surface area contributed by atoms with Gasteiger partial charge < -0.3 is 14.6 Å². The van der Waals surface area contributed by atoms with Crippen LogP contribution >= 0.6 is 15.9 Å². The van der Waals surface area contributed by atoms with Gasteiger partial charge in [0.25, 0.3) is 0 Å². The molecule has 0 bridgehead atoms. The smallest absolute Gasteiger partial charge is 0.137 e. The fourth-order valence-electron chi connectivity index (χ4n) is 2.62. The molecule has 0 aromatic heterocycles. The molecular weight excluding hydrogens is 310 g/mol. The summed E-state index contributed by atoms with van der Waals surface area (Å²) in [5, 5.41) is 9.47. The zero-order chi connectivity index (χ0) is 13.8. The van der Waals surface area contributed by atoms with E-state index in [0.29, 0.717) is 0 Å². The van der Waals surface area contributed by atoms with Gasteiger partial charge >= 0.3 is 0 Å². The summed E-state index contributed by atoms with van der Waals surface area (Å²) in [5.74, 6) is 0.861. The van der Waals surface area contributed by atoms with E-state index in [4.69, 9.17) is 9.47 Å². The third-order valence-corrected chi connectivity index (χ3v) is 4.28. The molecule has 1 aliphatic heterocycles. The van der Waals surface area contributed by atoms with E-state index in [1.54, 1.807) is 14.2 Å². The Morgan fingerprint density at radius 2 is 2.21 bits per heavy atom. The molecule has 0 saturated carbocycles. The van der Waals surface area contributed by atoms with Crippen LogP contribution in [0, 0.1) is 0 Å². The molecular formula is C14H20BrNO3. The maximum absolute atomic E-state index is 9.47. The summed E-state index contributed by atoms with van der Waals surface area (Å²) in [6, 6.07) is 6.18. The van der Waals surface area contributed by atoms with Crippen LogP contribution in [0.3, 0.4) is 0 Å². The number of benzene rings is 1. The number of hydrogen-bond donors (Lipinski definition) is 1. The first-order valence-corrected chi connectivity index (χ1v) is 7.18. The summed E-state index contributed by atoms with van der Waals surface area (Å²) >= 11 is 3.50. The molecule has 1 N–H and O–H groups in total. The predicted molar refractivity (Wildman–Crippen MR) is 77.4 cm³/mol. The summed E-state index contributed by atoms with van der Waals surface area (Å²) in [6.45, 7) is 1.77. The van der Waals surface area contributed by atoms with E-state index in [-0.39, 0.29) is 18.8 Å². The lowest BCUT2D eigenvalue weighted by Crippen LogP contribution is -2.32. The van der Waals surface area contributed by atoms with Crippen molar-refractivity contribution in [3.8, 4) is 5.75 Å². The Hall–Kier alpha value is -0.620. The normalized spacial score (nSPS) is 23.8. The van der Waals surface area contributed by atoms with Gasteiger partial charge in [0.2, 0.25) is 0 Å². The number of rotatable bonds is 5. The van der Waals surface area contributed by atoms with Gasteiger partial charge in [-0.05, 0) is 28.4 Å². The minimum absolute atomic E-state index is 0.161. The number of aliphatic hydroxyl groups is 1. The van der Waals surface area contributed by atoms with Crippen LogP contribution < -0.4 is 4.74 Å². The highest BCUT2D eigenvalue weighted by Gasteiger charge is 2.32. The molecule has 1 heterocycles. The average molecular weight is 330 g/mol. The van der Waals surface area contributed by atoms with Gasteiger partial charge in [0, 0.05) is 31.8 Å². The van der Waals surface area contributed by atoms with Crippen LogP contribution in [0.2, 0.25) is 0 Å². The van der Waals surface area contributed by atoms with Gasteiger partial charge in [-0.3, -0.25) is 4.90 Å². The quantitative estimate of drug-likeness (QED) is 0.897. The molecule has 0 radical (unpaired) electrons. The van der Waals surface area contributed by atoms with Gasteiger partial charge in [-0.1, -0.05) is 12.1 Å². The molecule has 1 aliphatic rings. The van der Waals surface area contributed by atoms with Gasteiger partial charge in [-0.25, -0.2) is 0 Å². The second-order valence-electron chi connectivity index (χ2n) is 4.79. The second-order valence-corrected chi connectivity index (χ2v) is 5.65. The van der Waals surface area contributed by atoms with Crippen molar-refractivity contribution in [1.82, 2.24) is 4.90 Å². The molecule has 5 heteroatoms. The monoisotopic (exact) mass is 329 g/mol. The second kappa shape index (κ2) is 6.70. The number of ether oxygens (including phenoxy) is 2. The molecule has 2 atom stereocenters. The highest BCUT2D eigenvalue weighted by atomic mass is 79.9. The molecule has 19 heavy (non-hydrogen) atoms. The van der Waals surface area contributed by atoms with Crippen molar-refractivity contribution in [1.29, 1.82) is 0 Å². The van der Waals surface area contributed by atoms with Crippen LogP contribution in [-0.2, 0) is 11.3 Å². The summed E-state index contributed by atoms with van der Waals surface area (Å²) < 4.78 is 11.8. The molecule has 4 nitrogen and oxygen atoms in total. The van der Waals surface area contributed by atoms with Gasteiger partial charge in [0.05, 0.1) is 24.3 Å². The summed E-state index contributed by atoms with van der Waals surface area (Å²) in [4.78, 5) is 2.25. The zero-order valence-electron chi connectivity index (χ0n) is 11.3. The molecule has 0 amide bonds. The lowest BCUT2D eigenvalue weighted by Gasteiger charge is -2.23. The zero-order valence-corrected chi connectivity index (χ0v) is 12.9. The highest BCUT2D eigenvalue weighted by Crippen LogP contribution is 2.31. The van der Waals surface area contributed by atoms with E-state index in [1.807, 2.05) is 12.1 Å². The maximum atomic E-state index is 9.47. The summed E-state index contributed by atoms with van der Waals surface area (Å²) in [7, 11) is 3.40. The van der Waals surface area contributed by atoms with Crippen LogP contribution in [0.15, 0.2) is 22.7 Å². The van der Waals surface area contributed by atoms with Crippen molar-refractivity contribution in [3.05, 3.63) is 28.2 Å². The number of aliphatic hydroxyl groups excluding tert-OH is 1. The molecule has 106 valence electrons. The van der Waals surface area contributed by atoms with E-state index in [2.05, 4.69) is 26.9 Å². The minimum atomic E-state index is 0.161. The van der Waals surface area contributed by atoms with Crippen molar-refractivity contribution < 1.29 is 14.6 Å². The number of para-hydroxylation sites is 1. The first kappa shape index (κ1) is 14.8. The van der Waals surface area contributed by atoms with Crippen molar-refractivity contribution >= 4 is 15.9 Å². The topological polar surface area (TPSA) is 41.9 Å². The van der Waals surface area contributed by atoms with Crippen molar-refractivity contribution in [3.63, 3.8) is 0 Å². The molecule has 2 rings (SSSR count). The molecule has 0 aliphatic carbocycles. The van der Waals surface area contributed by atoms with Gasteiger partial charge in [0.1, 0.15) is 5.75 Å². The average Bonchev–Trinajstić information content (AvgIpc) is 2.81. The van der Waals surface area contributed by atoms with Crippen molar-refractivity contribution in [2.45, 2.75) is 25.1 Å². The Kier molecular flexibility index (Phi) is 5.21. The lowest BCUT2D eigenvalue weighted by molar-refractivity contribution is 0.107. The highest BCUT2D eigenvalue weighted by molar-refractivity contribution is 9.10. The van der Waals surface area contributed by atoms with E-state index in [1.165, 1.54) is 0 Å². The first-order chi connectivity index (χ1) is 9.19. The van der Waals surface area contributed by atoms with E-state index in [9.17, 15) is 5.11 Å². The third-order valence-electron chi connectivity index (χ3n) is 3.66. The molecule has 1 aromatic rings. The molecule has 1 fully saturated rings. The number of nitrogens with zero attached hydrogens (tertiary/aromatic N) is 1. The summed E-state index contributed by atoms with van der Waals surface area (Å²) in [6.07, 6.45) is 1.08. The Bertz CT molecular complexity index is 427. The molecule has 0 spiro atoms. The van der Waals surface area contributed by atoms with Gasteiger partial charge in [-0.2, -0.15) is 0 Å². The van der Waals surface area contributed by atoms with Crippen LogP contribution in [0.25, 0.3) is 0 Å². The fourth-order valence-corrected chi connectivity index (χ4v) is 3.19. The van der Waals surface area contributed by atoms with Gasteiger partial charge in [0.15, 0.2) is 0 Å². The van der Waals surface area contributed by atoms with E-state index < -0.39 is 0 Å². The number of hydrogen-bond acceptors (Lipinski definition) is 4. The standard InChI is InChI=1S/C14H20BrNO3/c1-18-12-6-11(9-17)16(8-12)7-10-4-3-5-13(15)14(10)19-2/h3-5,11-12,17H,6-9H2,1-2H3/t11-,12+/m0/s1. The van der Waals surface area contributed by atoms with Gasteiger partial charge in [-0.15, -0.1) is 0 Å². The number of likely N-dealkylation sites (tertiary alicyclic amines) is 1. The Morgan fingerprint density at radius 1 is 1.42 bits per heavy atom. The molecule has 1 aromatic carbocycles. The number of methoxy groups -OCH3 is 2. The number of halogens is 1. The van der Waals surface area contributed by atoms with Crippen LogP contribution in [0.1, 0.15) is 12.0 Å². The van der Waals surface area contributed by atoms with Crippen LogP contribution in [-0.4, -0.2) is 49.5 Å². The lowest BCUT2D eigenvalue weighted by atomic mass is 10.1. The fraction of sp³-hybridized carbons (Fsp3) is 0.571. The molecule has 0 unspecified atom stereocenters. The van der Waals surface area contributed by atoms with Crippen molar-refractivity contribution in [2.75, 3.05) is 27.4 Å².